The summed E-state index contributed by atoms with van der Waals surface area (Å²) >= 11 is 5.74. The molecule has 0 aliphatic rings. The van der Waals surface area contributed by atoms with Crippen LogP contribution in [0.2, 0.25) is 0 Å². The maximum absolute atomic E-state index is 10.9. The molecule has 2 rings (SSSR count). The zero-order chi connectivity index (χ0) is 15.4. The van der Waals surface area contributed by atoms with Crippen molar-refractivity contribution in [2.45, 2.75) is 5.88 Å². The number of nitro benzene ring substituents is 2. The molecule has 108 valence electrons. The quantitative estimate of drug-likeness (QED) is 0.472. The first-order chi connectivity index (χ1) is 10.0. The van der Waals surface area contributed by atoms with Crippen molar-refractivity contribution < 1.29 is 14.6 Å². The van der Waals surface area contributed by atoms with E-state index in [-0.39, 0.29) is 28.8 Å². The Hall–Kier alpha value is -2.67. The predicted octanol–water partition coefficient (Wildman–Crippen LogP) is 4.03. The molecule has 0 spiro atoms. The molecule has 21 heavy (non-hydrogen) atoms. The normalized spacial score (nSPS) is 10.1. The Kier molecular flexibility index (Phi) is 4.34. The van der Waals surface area contributed by atoms with Gasteiger partial charge in [0.25, 0.3) is 5.69 Å². The molecule has 7 nitrogen and oxygen atoms in total. The van der Waals surface area contributed by atoms with Gasteiger partial charge in [-0.1, -0.05) is 12.1 Å². The minimum Gasteiger partial charge on any atom is -0.450 e. The number of benzene rings is 2. The van der Waals surface area contributed by atoms with E-state index in [2.05, 4.69) is 0 Å². The third-order valence-electron chi connectivity index (χ3n) is 2.68. The molecule has 0 saturated carbocycles. The van der Waals surface area contributed by atoms with Crippen molar-refractivity contribution >= 4 is 23.0 Å². The number of nitro groups is 2. The molecule has 8 heteroatoms. The largest absolute Gasteiger partial charge is 0.450 e. The first kappa shape index (κ1) is 14.7. The maximum Gasteiger partial charge on any atom is 0.311 e. The Bertz CT molecular complexity index is 705. The lowest BCUT2D eigenvalue weighted by Crippen LogP contribution is -1.96. The smallest absolute Gasteiger partial charge is 0.311 e. The molecule has 0 fully saturated rings. The summed E-state index contributed by atoms with van der Waals surface area (Å²) in [6, 6.07) is 9.75. The molecule has 0 heterocycles. The highest BCUT2D eigenvalue weighted by Crippen LogP contribution is 2.34. The van der Waals surface area contributed by atoms with Crippen LogP contribution in [-0.2, 0) is 5.88 Å². The van der Waals surface area contributed by atoms with Crippen LogP contribution in [0.1, 0.15) is 5.56 Å². The van der Waals surface area contributed by atoms with Gasteiger partial charge in [0.1, 0.15) is 5.75 Å². The van der Waals surface area contributed by atoms with Crippen LogP contribution in [0.5, 0.6) is 11.5 Å². The van der Waals surface area contributed by atoms with Crippen LogP contribution in [0.3, 0.4) is 0 Å². The van der Waals surface area contributed by atoms with E-state index >= 15 is 0 Å². The zero-order valence-electron chi connectivity index (χ0n) is 10.6. The van der Waals surface area contributed by atoms with Crippen LogP contribution in [0.15, 0.2) is 42.5 Å². The van der Waals surface area contributed by atoms with Crippen LogP contribution in [0, 0.1) is 20.2 Å². The number of alkyl halides is 1. The average molecular weight is 309 g/mol. The van der Waals surface area contributed by atoms with Gasteiger partial charge in [0.2, 0.25) is 5.75 Å². The van der Waals surface area contributed by atoms with Gasteiger partial charge in [-0.15, -0.1) is 11.6 Å². The first-order valence-corrected chi connectivity index (χ1v) is 6.31. The van der Waals surface area contributed by atoms with Gasteiger partial charge in [-0.05, 0) is 12.1 Å². The molecule has 0 N–H and O–H groups in total. The van der Waals surface area contributed by atoms with E-state index in [4.69, 9.17) is 16.3 Å². The number of nitrogens with zero attached hydrogens (tertiary/aromatic N) is 2. The highest BCUT2D eigenvalue weighted by atomic mass is 35.5. The fourth-order valence-electron chi connectivity index (χ4n) is 1.70. The zero-order valence-corrected chi connectivity index (χ0v) is 11.3. The van der Waals surface area contributed by atoms with Gasteiger partial charge >= 0.3 is 5.69 Å². The Morgan fingerprint density at radius 3 is 2.33 bits per heavy atom. The molecule has 0 saturated heterocycles. The van der Waals surface area contributed by atoms with E-state index in [9.17, 15) is 20.2 Å². The molecule has 0 atom stereocenters. The molecular weight excluding hydrogens is 300 g/mol. The van der Waals surface area contributed by atoms with Crippen molar-refractivity contribution in [2.75, 3.05) is 0 Å². The summed E-state index contributed by atoms with van der Waals surface area (Å²) in [6.45, 7) is 0. The number of non-ortho nitro benzene ring substituents is 1. The van der Waals surface area contributed by atoms with E-state index in [0.29, 0.717) is 5.56 Å². The molecular formula is C13H9ClN2O5. The molecule has 0 aromatic heterocycles. The number of rotatable bonds is 5. The van der Waals surface area contributed by atoms with E-state index in [1.165, 1.54) is 36.4 Å². The van der Waals surface area contributed by atoms with Crippen LogP contribution in [0.4, 0.5) is 11.4 Å². The van der Waals surface area contributed by atoms with Crippen molar-refractivity contribution in [2.24, 2.45) is 0 Å². The summed E-state index contributed by atoms with van der Waals surface area (Å²) in [5, 5.41) is 21.6. The summed E-state index contributed by atoms with van der Waals surface area (Å²) in [5.41, 5.74) is 0.0564. The molecule has 2 aromatic rings. The van der Waals surface area contributed by atoms with E-state index in [0.717, 1.165) is 0 Å². The fourth-order valence-corrected chi connectivity index (χ4v) is 1.91. The van der Waals surface area contributed by atoms with Crippen molar-refractivity contribution in [3.8, 4) is 11.5 Å². The SMILES string of the molecule is O=[N+]([O-])c1ccc(Oc2ccccc2[N+](=O)[O-])c(CCl)c1. The lowest BCUT2D eigenvalue weighted by atomic mass is 10.2. The lowest BCUT2D eigenvalue weighted by molar-refractivity contribution is -0.385. The number of hydrogen-bond donors (Lipinski definition) is 0. The number of para-hydroxylation sites is 2. The van der Waals surface area contributed by atoms with Crippen molar-refractivity contribution in [3.63, 3.8) is 0 Å². The van der Waals surface area contributed by atoms with Gasteiger partial charge < -0.3 is 4.74 Å². The highest BCUT2D eigenvalue weighted by molar-refractivity contribution is 6.17. The number of ether oxygens (including phenoxy) is 1. The van der Waals surface area contributed by atoms with Crippen molar-refractivity contribution in [1.29, 1.82) is 0 Å². The molecule has 0 bridgehead atoms. The summed E-state index contributed by atoms with van der Waals surface area (Å²) in [4.78, 5) is 20.5. The van der Waals surface area contributed by atoms with Gasteiger partial charge in [0.05, 0.1) is 15.7 Å². The fraction of sp³-hybridized carbons (Fsp3) is 0.0769. The van der Waals surface area contributed by atoms with Crippen molar-refractivity contribution in [1.82, 2.24) is 0 Å². The second-order valence-electron chi connectivity index (χ2n) is 4.01. The maximum atomic E-state index is 10.9. The Morgan fingerprint density at radius 2 is 1.71 bits per heavy atom. The van der Waals surface area contributed by atoms with Crippen LogP contribution >= 0.6 is 11.6 Å². The second-order valence-corrected chi connectivity index (χ2v) is 4.28. The molecule has 0 aliphatic carbocycles. The molecule has 0 unspecified atom stereocenters. The van der Waals surface area contributed by atoms with Crippen LogP contribution in [0.25, 0.3) is 0 Å². The Balaban J connectivity index is 2.40. The van der Waals surface area contributed by atoms with Crippen molar-refractivity contribution in [3.05, 3.63) is 68.3 Å². The molecule has 2 aromatic carbocycles. The van der Waals surface area contributed by atoms with E-state index in [1.54, 1.807) is 6.07 Å². The average Bonchev–Trinajstić information content (AvgIpc) is 2.47. The summed E-state index contributed by atoms with van der Waals surface area (Å²) in [6.07, 6.45) is 0. The predicted molar refractivity (Wildman–Crippen MR) is 75.8 cm³/mol. The van der Waals surface area contributed by atoms with Gasteiger partial charge in [0, 0.05) is 23.8 Å². The Labute approximate surface area is 124 Å². The van der Waals surface area contributed by atoms with E-state index < -0.39 is 9.85 Å². The van der Waals surface area contributed by atoms with Crippen LogP contribution in [-0.4, -0.2) is 9.85 Å². The van der Waals surface area contributed by atoms with Gasteiger partial charge in [-0.3, -0.25) is 20.2 Å². The standard InChI is InChI=1S/C13H9ClN2O5/c14-8-9-7-10(15(17)18)5-6-12(9)21-13-4-2-1-3-11(13)16(19)20/h1-7H,8H2. The summed E-state index contributed by atoms with van der Waals surface area (Å²) in [5.74, 6) is 0.269. The summed E-state index contributed by atoms with van der Waals surface area (Å²) in [7, 11) is 0. The molecule has 0 amide bonds. The number of halogens is 1. The molecule has 0 radical (unpaired) electrons. The van der Waals surface area contributed by atoms with Gasteiger partial charge in [-0.2, -0.15) is 0 Å². The Morgan fingerprint density at radius 1 is 1.00 bits per heavy atom. The van der Waals surface area contributed by atoms with Gasteiger partial charge in [-0.25, -0.2) is 0 Å². The molecule has 0 aliphatic heterocycles. The second kappa shape index (κ2) is 6.19. The summed E-state index contributed by atoms with van der Waals surface area (Å²) < 4.78 is 5.48. The van der Waals surface area contributed by atoms with E-state index in [1.807, 2.05) is 0 Å². The minimum absolute atomic E-state index is 0.0162. The first-order valence-electron chi connectivity index (χ1n) is 5.77. The highest BCUT2D eigenvalue weighted by Gasteiger charge is 2.17. The third-order valence-corrected chi connectivity index (χ3v) is 2.97. The monoisotopic (exact) mass is 308 g/mol. The number of hydrogen-bond acceptors (Lipinski definition) is 5. The topological polar surface area (TPSA) is 95.5 Å². The minimum atomic E-state index is -0.568. The lowest BCUT2D eigenvalue weighted by Gasteiger charge is -2.09. The third kappa shape index (κ3) is 3.26. The van der Waals surface area contributed by atoms with Crippen LogP contribution < -0.4 is 4.74 Å². The van der Waals surface area contributed by atoms with Gasteiger partial charge in [0.15, 0.2) is 0 Å².